The zero-order valence-electron chi connectivity index (χ0n) is 21.4. The maximum Gasteiger partial charge on any atom is 0.230 e. The smallest absolute Gasteiger partial charge is 0.230 e. The minimum absolute atomic E-state index is 0.0261. The second-order valence-electron chi connectivity index (χ2n) is 10.7. The second kappa shape index (κ2) is 9.37. The summed E-state index contributed by atoms with van der Waals surface area (Å²) in [5, 5.41) is 44.6. The van der Waals surface area contributed by atoms with Gasteiger partial charge >= 0.3 is 0 Å². The summed E-state index contributed by atoms with van der Waals surface area (Å²) in [5.41, 5.74) is 3.38. The lowest BCUT2D eigenvalue weighted by Crippen LogP contribution is -2.73. The molecule has 1 amide bonds. The van der Waals surface area contributed by atoms with Crippen molar-refractivity contribution in [2.75, 3.05) is 14.1 Å². The molecule has 1 aromatic heterocycles. The van der Waals surface area contributed by atoms with E-state index < -0.39 is 58.7 Å². The molecular formula is C28H29N3O8. The maximum absolute atomic E-state index is 13.9. The lowest BCUT2D eigenvalue weighted by atomic mass is 9.54. The molecule has 204 valence electrons. The lowest BCUT2D eigenvalue weighted by molar-refractivity contribution is -0.184. The first-order chi connectivity index (χ1) is 18.4. The van der Waals surface area contributed by atoms with Crippen LogP contribution >= 0.6 is 0 Å². The summed E-state index contributed by atoms with van der Waals surface area (Å²) in [6, 6.07) is 6.87. The number of aliphatic hydroxyl groups excluding tert-OH is 2. The SMILES string of the molecule is CN(C)[C@@H]1C(O)C(C(N)=O)C(=O)[C@@]2(O)C(=O)C3=C(O)c4c(O)ccc(C(=O)Cc5ccccn5)c4C[C@H]3C[C@@H]12. The van der Waals surface area contributed by atoms with E-state index in [2.05, 4.69) is 4.98 Å². The molecule has 39 heavy (non-hydrogen) atoms. The number of likely N-dealkylation sites (N-methyl/N-ethyl adjacent to an activating group) is 1. The fraction of sp³-hybridized carbons (Fsp3) is 0.393. The Hall–Kier alpha value is -3.93. The number of pyridine rings is 1. The van der Waals surface area contributed by atoms with Crippen LogP contribution in [0.1, 0.15) is 33.6 Å². The Kier molecular flexibility index (Phi) is 6.41. The number of nitrogens with two attached hydrogens (primary N) is 1. The fourth-order valence-electron chi connectivity index (χ4n) is 6.63. The number of rotatable bonds is 5. The van der Waals surface area contributed by atoms with Gasteiger partial charge in [-0.3, -0.25) is 24.2 Å². The third-order valence-corrected chi connectivity index (χ3v) is 8.34. The van der Waals surface area contributed by atoms with Gasteiger partial charge in [0.25, 0.3) is 0 Å². The third-order valence-electron chi connectivity index (χ3n) is 8.34. The molecular weight excluding hydrogens is 506 g/mol. The number of Topliss-reactive ketones (excluding diaryl/α,β-unsaturated/α-hetero) is 3. The average molecular weight is 536 g/mol. The third kappa shape index (κ3) is 3.88. The molecule has 3 aliphatic rings. The molecule has 0 spiro atoms. The molecule has 0 radical (unpaired) electrons. The molecule has 0 saturated heterocycles. The van der Waals surface area contributed by atoms with Crippen LogP contribution < -0.4 is 5.73 Å². The summed E-state index contributed by atoms with van der Waals surface area (Å²) in [5.74, 6) is -8.54. The highest BCUT2D eigenvalue weighted by atomic mass is 16.3. The summed E-state index contributed by atoms with van der Waals surface area (Å²) >= 11 is 0. The number of benzene rings is 1. The van der Waals surface area contributed by atoms with Crippen LogP contribution in [0.2, 0.25) is 0 Å². The van der Waals surface area contributed by atoms with Gasteiger partial charge in [-0.2, -0.15) is 0 Å². The van der Waals surface area contributed by atoms with E-state index in [-0.39, 0.29) is 47.5 Å². The zero-order valence-corrected chi connectivity index (χ0v) is 21.4. The Labute approximate surface area is 223 Å². The Bertz CT molecular complexity index is 1440. The summed E-state index contributed by atoms with van der Waals surface area (Å²) in [7, 11) is 3.16. The highest BCUT2D eigenvalue weighted by molar-refractivity contribution is 6.25. The van der Waals surface area contributed by atoms with Crippen LogP contribution in [0.4, 0.5) is 0 Å². The molecule has 0 bridgehead atoms. The normalized spacial score (nSPS) is 30.0. The number of aliphatic hydroxyl groups is 3. The molecule has 2 saturated carbocycles. The van der Waals surface area contributed by atoms with Crippen molar-refractivity contribution in [1.82, 2.24) is 9.88 Å². The first-order valence-electron chi connectivity index (χ1n) is 12.6. The molecule has 2 unspecified atom stereocenters. The molecule has 3 aliphatic carbocycles. The topological polar surface area (TPSA) is 191 Å². The lowest BCUT2D eigenvalue weighted by Gasteiger charge is -2.53. The Balaban J connectivity index is 1.63. The number of ketones is 3. The molecule has 2 fully saturated rings. The van der Waals surface area contributed by atoms with Crippen LogP contribution in [0.25, 0.3) is 5.76 Å². The molecule has 1 heterocycles. The predicted molar refractivity (Wildman–Crippen MR) is 136 cm³/mol. The molecule has 11 heteroatoms. The van der Waals surface area contributed by atoms with E-state index in [1.807, 2.05) is 0 Å². The summed E-state index contributed by atoms with van der Waals surface area (Å²) in [4.78, 5) is 58.3. The van der Waals surface area contributed by atoms with Gasteiger partial charge in [-0.1, -0.05) is 6.07 Å². The fourth-order valence-corrected chi connectivity index (χ4v) is 6.63. The van der Waals surface area contributed by atoms with Crippen molar-refractivity contribution in [3.05, 3.63) is 64.5 Å². The van der Waals surface area contributed by atoms with Gasteiger partial charge in [0, 0.05) is 35.0 Å². The highest BCUT2D eigenvalue weighted by Crippen LogP contribution is 2.52. The van der Waals surface area contributed by atoms with Crippen LogP contribution in [0.5, 0.6) is 5.75 Å². The van der Waals surface area contributed by atoms with E-state index in [0.717, 1.165) is 0 Å². The number of carbonyl (C=O) groups excluding carboxylic acids is 4. The number of aromatic nitrogens is 1. The van der Waals surface area contributed by atoms with Crippen molar-refractivity contribution in [3.63, 3.8) is 0 Å². The molecule has 1 aromatic carbocycles. The standard InChI is InChI=1S/C28H29N3O8/c1-31(2)22-16-10-12-9-15-14(18(33)11-13-5-3-4-8-30-13)6-7-17(32)20(15)23(34)19(12)25(36)28(16,39)26(37)21(24(22)35)27(29)38/h3-8,12,16,21-22,24,32,34-35,39H,9-11H2,1-2H3,(H2,29,38)/t12-,16-,21?,22-,24?,28-/m0/s1. The molecule has 6 atom stereocenters. The number of fused-ring (bicyclic) bond motifs is 3. The molecule has 11 nitrogen and oxygen atoms in total. The van der Waals surface area contributed by atoms with E-state index in [4.69, 9.17) is 5.73 Å². The van der Waals surface area contributed by atoms with Crippen molar-refractivity contribution in [3.8, 4) is 5.75 Å². The number of hydrogen-bond acceptors (Lipinski definition) is 10. The van der Waals surface area contributed by atoms with Gasteiger partial charge in [-0.05, 0) is 62.7 Å². The number of carbonyl (C=O) groups is 4. The Morgan fingerprint density at radius 3 is 2.49 bits per heavy atom. The van der Waals surface area contributed by atoms with Crippen molar-refractivity contribution in [2.45, 2.75) is 37.0 Å². The number of hydrogen-bond donors (Lipinski definition) is 5. The van der Waals surface area contributed by atoms with Gasteiger partial charge in [0.1, 0.15) is 17.4 Å². The van der Waals surface area contributed by atoms with Crippen molar-refractivity contribution >= 4 is 29.0 Å². The van der Waals surface area contributed by atoms with E-state index in [0.29, 0.717) is 11.3 Å². The van der Waals surface area contributed by atoms with Gasteiger partial charge in [0.2, 0.25) is 11.7 Å². The van der Waals surface area contributed by atoms with Crippen LogP contribution in [0, 0.1) is 17.8 Å². The van der Waals surface area contributed by atoms with Crippen LogP contribution in [0.15, 0.2) is 42.1 Å². The van der Waals surface area contributed by atoms with Gasteiger partial charge in [0.15, 0.2) is 17.2 Å². The van der Waals surface area contributed by atoms with Crippen molar-refractivity contribution < 1.29 is 39.6 Å². The zero-order chi connectivity index (χ0) is 28.4. The molecule has 6 N–H and O–H groups in total. The number of amides is 1. The quantitative estimate of drug-likeness (QED) is 0.256. The molecule has 0 aliphatic heterocycles. The number of phenols is 1. The molecule has 2 aromatic rings. The van der Waals surface area contributed by atoms with Crippen molar-refractivity contribution in [1.29, 1.82) is 0 Å². The second-order valence-corrected chi connectivity index (χ2v) is 10.7. The van der Waals surface area contributed by atoms with Gasteiger partial charge in [-0.15, -0.1) is 0 Å². The minimum atomic E-state index is -2.73. The first kappa shape index (κ1) is 26.7. The average Bonchev–Trinajstić information content (AvgIpc) is 2.86. The molecule has 5 rings (SSSR count). The maximum atomic E-state index is 13.9. The van der Waals surface area contributed by atoms with Crippen molar-refractivity contribution in [2.24, 2.45) is 23.5 Å². The number of aromatic hydroxyl groups is 1. The summed E-state index contributed by atoms with van der Waals surface area (Å²) in [6.07, 6.45) is -0.0123. The highest BCUT2D eigenvalue weighted by Gasteiger charge is 2.67. The van der Waals surface area contributed by atoms with E-state index >= 15 is 0 Å². The van der Waals surface area contributed by atoms with Gasteiger partial charge in [-0.25, -0.2) is 0 Å². The van der Waals surface area contributed by atoms with Crippen LogP contribution in [0.3, 0.4) is 0 Å². The Morgan fingerprint density at radius 1 is 1.15 bits per heavy atom. The predicted octanol–water partition coefficient (Wildman–Crippen LogP) is -0.0506. The van der Waals surface area contributed by atoms with Crippen LogP contribution in [-0.4, -0.2) is 85.4 Å². The summed E-state index contributed by atoms with van der Waals surface area (Å²) < 4.78 is 0. The Morgan fingerprint density at radius 2 is 1.87 bits per heavy atom. The van der Waals surface area contributed by atoms with E-state index in [9.17, 15) is 39.6 Å². The summed E-state index contributed by atoms with van der Waals surface area (Å²) in [6.45, 7) is 0. The van der Waals surface area contributed by atoms with Gasteiger partial charge in [0.05, 0.1) is 18.1 Å². The minimum Gasteiger partial charge on any atom is -0.507 e. The monoisotopic (exact) mass is 535 g/mol. The number of phenolic OH excluding ortho intramolecular Hbond substituents is 1. The van der Waals surface area contributed by atoms with E-state index in [1.165, 1.54) is 17.0 Å². The number of primary amides is 1. The number of nitrogens with zero attached hydrogens (tertiary/aromatic N) is 2. The van der Waals surface area contributed by atoms with E-state index in [1.54, 1.807) is 38.5 Å². The van der Waals surface area contributed by atoms with Crippen LogP contribution in [-0.2, 0) is 27.2 Å². The van der Waals surface area contributed by atoms with Gasteiger partial charge < -0.3 is 31.1 Å². The first-order valence-corrected chi connectivity index (χ1v) is 12.6. The largest absolute Gasteiger partial charge is 0.507 e.